The van der Waals surface area contributed by atoms with Crippen LogP contribution in [0.5, 0.6) is 0 Å². The van der Waals surface area contributed by atoms with E-state index in [9.17, 15) is 0 Å². The second kappa shape index (κ2) is 3.92. The fraction of sp³-hybridized carbons (Fsp3) is 0.444. The third kappa shape index (κ3) is 1.99. The van der Waals surface area contributed by atoms with Gasteiger partial charge in [-0.15, -0.1) is 11.8 Å². The Kier molecular flexibility index (Phi) is 2.64. The van der Waals surface area contributed by atoms with E-state index in [0.717, 1.165) is 23.4 Å². The molecule has 1 aliphatic heterocycles. The quantitative estimate of drug-likeness (QED) is 0.747. The molecule has 12 heavy (non-hydrogen) atoms. The van der Waals surface area contributed by atoms with Gasteiger partial charge < -0.3 is 5.32 Å². The zero-order valence-corrected chi connectivity index (χ0v) is 7.68. The second-order valence-electron chi connectivity index (χ2n) is 2.90. The number of pyridine rings is 1. The van der Waals surface area contributed by atoms with Gasteiger partial charge in [0, 0.05) is 18.0 Å². The molecule has 2 heterocycles. The topological polar surface area (TPSA) is 24.9 Å². The fourth-order valence-corrected chi connectivity index (χ4v) is 2.37. The highest BCUT2D eigenvalue weighted by atomic mass is 32.2. The average Bonchev–Trinajstić information content (AvgIpc) is 2.59. The maximum atomic E-state index is 4.28. The molecule has 64 valence electrons. The van der Waals surface area contributed by atoms with E-state index in [1.165, 1.54) is 6.42 Å². The Bertz CT molecular complexity index is 232. The lowest BCUT2D eigenvalue weighted by Gasteiger charge is -2.05. The van der Waals surface area contributed by atoms with Crippen molar-refractivity contribution in [2.75, 3.05) is 13.1 Å². The summed E-state index contributed by atoms with van der Waals surface area (Å²) in [6.07, 6.45) is 3.12. The first-order chi connectivity index (χ1) is 5.95. The van der Waals surface area contributed by atoms with Crippen molar-refractivity contribution in [3.63, 3.8) is 0 Å². The van der Waals surface area contributed by atoms with Gasteiger partial charge in [-0.05, 0) is 25.1 Å². The molecule has 1 aromatic rings. The third-order valence-corrected chi connectivity index (χ3v) is 3.16. The van der Waals surface area contributed by atoms with Gasteiger partial charge in [-0.3, -0.25) is 0 Å². The molecule has 0 aliphatic carbocycles. The van der Waals surface area contributed by atoms with Crippen LogP contribution in [-0.2, 0) is 0 Å². The predicted octanol–water partition coefficient (Wildman–Crippen LogP) is 1.54. The minimum absolute atomic E-state index is 0.722. The normalized spacial score (nSPS) is 22.8. The number of nitrogens with zero attached hydrogens (tertiary/aromatic N) is 1. The summed E-state index contributed by atoms with van der Waals surface area (Å²) in [4.78, 5) is 4.28. The van der Waals surface area contributed by atoms with Crippen LogP contribution in [-0.4, -0.2) is 23.3 Å². The summed E-state index contributed by atoms with van der Waals surface area (Å²) in [5, 5.41) is 5.21. The van der Waals surface area contributed by atoms with E-state index in [2.05, 4.69) is 16.4 Å². The summed E-state index contributed by atoms with van der Waals surface area (Å²) in [6, 6.07) is 6.07. The van der Waals surface area contributed by atoms with Crippen molar-refractivity contribution in [3.8, 4) is 0 Å². The number of hydrogen-bond donors (Lipinski definition) is 1. The maximum absolute atomic E-state index is 4.28. The molecule has 0 saturated carbocycles. The first kappa shape index (κ1) is 8.08. The standard InChI is InChI=1S/C9H12N2S/c1-2-5-11-9(3-1)12-8-4-6-10-7-8/h1-3,5,8,10H,4,6-7H2/t8-/m1/s1. The Hall–Kier alpha value is -0.540. The van der Waals surface area contributed by atoms with Gasteiger partial charge in [0.2, 0.25) is 0 Å². The number of hydrogen-bond acceptors (Lipinski definition) is 3. The molecule has 2 rings (SSSR count). The monoisotopic (exact) mass is 180 g/mol. The molecule has 0 radical (unpaired) electrons. The third-order valence-electron chi connectivity index (χ3n) is 1.94. The Morgan fingerprint density at radius 3 is 3.17 bits per heavy atom. The molecule has 1 N–H and O–H groups in total. The SMILES string of the molecule is c1ccc(S[C@@H]2CCNC2)nc1. The summed E-state index contributed by atoms with van der Waals surface area (Å²) in [6.45, 7) is 2.28. The highest BCUT2D eigenvalue weighted by Crippen LogP contribution is 2.24. The van der Waals surface area contributed by atoms with E-state index in [-0.39, 0.29) is 0 Å². The number of thioether (sulfide) groups is 1. The molecule has 1 aromatic heterocycles. The molecule has 0 spiro atoms. The van der Waals surface area contributed by atoms with Crippen LogP contribution in [0.15, 0.2) is 29.4 Å². The lowest BCUT2D eigenvalue weighted by molar-refractivity contribution is 0.858. The summed E-state index contributed by atoms with van der Waals surface area (Å²) in [7, 11) is 0. The van der Waals surface area contributed by atoms with Crippen LogP contribution in [0.1, 0.15) is 6.42 Å². The summed E-state index contributed by atoms with van der Waals surface area (Å²) in [5.74, 6) is 0. The molecule has 1 saturated heterocycles. The Balaban J connectivity index is 1.94. The van der Waals surface area contributed by atoms with E-state index in [0.29, 0.717) is 0 Å². The zero-order valence-electron chi connectivity index (χ0n) is 6.86. The lowest BCUT2D eigenvalue weighted by atomic mass is 10.4. The predicted molar refractivity (Wildman–Crippen MR) is 51.4 cm³/mol. The fourth-order valence-electron chi connectivity index (χ4n) is 1.32. The molecule has 0 aromatic carbocycles. The molecular formula is C9H12N2S. The van der Waals surface area contributed by atoms with Gasteiger partial charge in [0.1, 0.15) is 0 Å². The highest BCUT2D eigenvalue weighted by Gasteiger charge is 2.15. The van der Waals surface area contributed by atoms with Crippen LogP contribution in [0.2, 0.25) is 0 Å². The Labute approximate surface area is 76.8 Å². The molecule has 1 fully saturated rings. The first-order valence-electron chi connectivity index (χ1n) is 4.23. The van der Waals surface area contributed by atoms with Crippen molar-refractivity contribution in [3.05, 3.63) is 24.4 Å². The first-order valence-corrected chi connectivity index (χ1v) is 5.11. The van der Waals surface area contributed by atoms with Gasteiger partial charge in [0.05, 0.1) is 5.03 Å². The lowest BCUT2D eigenvalue weighted by Crippen LogP contribution is -2.10. The summed E-state index contributed by atoms with van der Waals surface area (Å²) < 4.78 is 0. The molecule has 0 bridgehead atoms. The van der Waals surface area contributed by atoms with Crippen molar-refractivity contribution in [1.82, 2.24) is 10.3 Å². The van der Waals surface area contributed by atoms with Crippen LogP contribution in [0.4, 0.5) is 0 Å². The van der Waals surface area contributed by atoms with E-state index < -0.39 is 0 Å². The van der Waals surface area contributed by atoms with Crippen molar-refractivity contribution in [1.29, 1.82) is 0 Å². The van der Waals surface area contributed by atoms with Crippen molar-refractivity contribution >= 4 is 11.8 Å². The maximum Gasteiger partial charge on any atom is 0.0962 e. The minimum atomic E-state index is 0.722. The van der Waals surface area contributed by atoms with Crippen molar-refractivity contribution in [2.24, 2.45) is 0 Å². The molecular weight excluding hydrogens is 168 g/mol. The molecule has 0 unspecified atom stereocenters. The average molecular weight is 180 g/mol. The molecule has 1 aliphatic rings. The van der Waals surface area contributed by atoms with Gasteiger partial charge in [-0.1, -0.05) is 6.07 Å². The molecule has 0 amide bonds. The van der Waals surface area contributed by atoms with Crippen molar-refractivity contribution < 1.29 is 0 Å². The number of nitrogens with one attached hydrogen (secondary N) is 1. The van der Waals surface area contributed by atoms with E-state index in [4.69, 9.17) is 0 Å². The molecule has 2 nitrogen and oxygen atoms in total. The summed E-state index contributed by atoms with van der Waals surface area (Å²) >= 11 is 1.88. The van der Waals surface area contributed by atoms with Crippen LogP contribution < -0.4 is 5.32 Å². The van der Waals surface area contributed by atoms with Crippen molar-refractivity contribution in [2.45, 2.75) is 16.7 Å². The Morgan fingerprint density at radius 1 is 1.50 bits per heavy atom. The van der Waals surface area contributed by atoms with Crippen LogP contribution in [0.3, 0.4) is 0 Å². The van der Waals surface area contributed by atoms with Gasteiger partial charge in [0.15, 0.2) is 0 Å². The van der Waals surface area contributed by atoms with Crippen LogP contribution in [0, 0.1) is 0 Å². The van der Waals surface area contributed by atoms with Gasteiger partial charge >= 0.3 is 0 Å². The largest absolute Gasteiger partial charge is 0.316 e. The zero-order chi connectivity index (χ0) is 8.23. The number of aromatic nitrogens is 1. The Morgan fingerprint density at radius 2 is 2.50 bits per heavy atom. The second-order valence-corrected chi connectivity index (χ2v) is 4.22. The minimum Gasteiger partial charge on any atom is -0.316 e. The van der Waals surface area contributed by atoms with E-state index in [1.807, 2.05) is 30.1 Å². The molecule has 3 heteroatoms. The van der Waals surface area contributed by atoms with Crippen LogP contribution >= 0.6 is 11.8 Å². The molecule has 1 atom stereocenters. The van der Waals surface area contributed by atoms with E-state index in [1.54, 1.807) is 0 Å². The van der Waals surface area contributed by atoms with E-state index >= 15 is 0 Å². The van der Waals surface area contributed by atoms with Gasteiger partial charge in [-0.2, -0.15) is 0 Å². The number of rotatable bonds is 2. The summed E-state index contributed by atoms with van der Waals surface area (Å²) in [5.41, 5.74) is 0. The smallest absolute Gasteiger partial charge is 0.0962 e. The highest BCUT2D eigenvalue weighted by molar-refractivity contribution is 7.99. The van der Waals surface area contributed by atoms with Gasteiger partial charge in [0.25, 0.3) is 0 Å². The van der Waals surface area contributed by atoms with Gasteiger partial charge in [-0.25, -0.2) is 4.98 Å². The van der Waals surface area contributed by atoms with Crippen LogP contribution in [0.25, 0.3) is 0 Å².